The largest absolute Gasteiger partial charge is 0.363 e. The van der Waals surface area contributed by atoms with Gasteiger partial charge in [0, 0.05) is 51.8 Å². The van der Waals surface area contributed by atoms with Crippen LogP contribution in [0.2, 0.25) is 0 Å². The molecule has 1 aliphatic rings. The molecule has 3 rings (SSSR count). The van der Waals surface area contributed by atoms with Crippen molar-refractivity contribution in [3.63, 3.8) is 0 Å². The van der Waals surface area contributed by atoms with Crippen LogP contribution in [0.5, 0.6) is 0 Å². The molecule has 1 amide bonds. The molecular formula is C17H22N6O. The fourth-order valence-corrected chi connectivity index (χ4v) is 2.73. The van der Waals surface area contributed by atoms with E-state index in [1.54, 1.807) is 18.6 Å². The maximum absolute atomic E-state index is 12.3. The van der Waals surface area contributed by atoms with Crippen LogP contribution in [0, 0.1) is 0 Å². The summed E-state index contributed by atoms with van der Waals surface area (Å²) in [5.41, 5.74) is 0.592. The Morgan fingerprint density at radius 2 is 1.88 bits per heavy atom. The Balaban J connectivity index is 1.53. The molecule has 0 unspecified atom stereocenters. The molecule has 0 aliphatic carbocycles. The molecule has 1 N–H and O–H groups in total. The highest BCUT2D eigenvalue weighted by molar-refractivity contribution is 5.94. The van der Waals surface area contributed by atoms with E-state index in [1.165, 1.54) is 0 Å². The summed E-state index contributed by atoms with van der Waals surface area (Å²) in [4.78, 5) is 29.2. The second kappa shape index (κ2) is 7.25. The van der Waals surface area contributed by atoms with Crippen LogP contribution < -0.4 is 15.1 Å². The molecule has 1 fully saturated rings. The molecule has 126 valence electrons. The Morgan fingerprint density at radius 1 is 1.17 bits per heavy atom. The first-order valence-corrected chi connectivity index (χ1v) is 8.09. The molecule has 1 aliphatic heterocycles. The van der Waals surface area contributed by atoms with Gasteiger partial charge in [-0.2, -0.15) is 0 Å². The second-order valence-electron chi connectivity index (χ2n) is 6.08. The molecule has 3 heterocycles. The Morgan fingerprint density at radius 3 is 2.46 bits per heavy atom. The first-order valence-electron chi connectivity index (χ1n) is 8.09. The highest BCUT2D eigenvalue weighted by Gasteiger charge is 2.22. The summed E-state index contributed by atoms with van der Waals surface area (Å²) in [6, 6.07) is 5.65. The van der Waals surface area contributed by atoms with Gasteiger partial charge in [-0.25, -0.2) is 15.0 Å². The normalized spacial score (nSPS) is 15.2. The summed E-state index contributed by atoms with van der Waals surface area (Å²) < 4.78 is 0. The summed E-state index contributed by atoms with van der Waals surface area (Å²) in [5, 5.41) is 3.10. The van der Waals surface area contributed by atoms with Gasteiger partial charge in [0.05, 0.1) is 5.56 Å². The fourth-order valence-electron chi connectivity index (χ4n) is 2.73. The molecule has 0 radical (unpaired) electrons. The van der Waals surface area contributed by atoms with Crippen LogP contribution in [0.15, 0.2) is 36.8 Å². The summed E-state index contributed by atoms with van der Waals surface area (Å²) in [5.74, 6) is 1.52. The number of nitrogens with one attached hydrogen (secondary N) is 1. The van der Waals surface area contributed by atoms with Gasteiger partial charge in [-0.1, -0.05) is 0 Å². The third-order valence-electron chi connectivity index (χ3n) is 4.13. The van der Waals surface area contributed by atoms with Crippen molar-refractivity contribution in [1.82, 2.24) is 20.3 Å². The number of nitrogens with zero attached hydrogens (tertiary/aromatic N) is 5. The number of pyridine rings is 1. The van der Waals surface area contributed by atoms with E-state index < -0.39 is 0 Å². The van der Waals surface area contributed by atoms with E-state index >= 15 is 0 Å². The van der Waals surface area contributed by atoms with E-state index in [2.05, 4.69) is 25.2 Å². The van der Waals surface area contributed by atoms with Gasteiger partial charge >= 0.3 is 0 Å². The second-order valence-corrected chi connectivity index (χ2v) is 6.08. The van der Waals surface area contributed by atoms with Gasteiger partial charge in [0.2, 0.25) is 5.95 Å². The van der Waals surface area contributed by atoms with Gasteiger partial charge in [-0.3, -0.25) is 4.79 Å². The number of hydrogen-bond acceptors (Lipinski definition) is 6. The summed E-state index contributed by atoms with van der Waals surface area (Å²) >= 11 is 0. The van der Waals surface area contributed by atoms with Crippen molar-refractivity contribution < 1.29 is 4.79 Å². The zero-order chi connectivity index (χ0) is 16.9. The standard InChI is InChI=1S/C17H22N6O/c1-22(2)15-5-4-13(12-20-15)16(24)21-14-6-10-23(11-7-14)17-18-8-3-9-19-17/h3-5,8-9,12,14H,6-7,10-11H2,1-2H3,(H,21,24). The van der Waals surface area contributed by atoms with Crippen molar-refractivity contribution in [2.75, 3.05) is 37.0 Å². The van der Waals surface area contributed by atoms with Crippen LogP contribution in [-0.4, -0.2) is 54.1 Å². The first-order chi connectivity index (χ1) is 11.6. The predicted octanol–water partition coefficient (Wildman–Crippen LogP) is 1.34. The van der Waals surface area contributed by atoms with E-state index in [0.717, 1.165) is 37.7 Å². The van der Waals surface area contributed by atoms with Gasteiger partial charge in [-0.05, 0) is 31.0 Å². The van der Waals surface area contributed by atoms with Crippen molar-refractivity contribution in [3.05, 3.63) is 42.4 Å². The van der Waals surface area contributed by atoms with Gasteiger partial charge < -0.3 is 15.1 Å². The van der Waals surface area contributed by atoms with E-state index in [-0.39, 0.29) is 11.9 Å². The number of aromatic nitrogens is 3. The van der Waals surface area contributed by atoms with Gasteiger partial charge in [0.25, 0.3) is 5.91 Å². The molecule has 24 heavy (non-hydrogen) atoms. The van der Waals surface area contributed by atoms with Crippen molar-refractivity contribution in [3.8, 4) is 0 Å². The van der Waals surface area contributed by atoms with Crippen LogP contribution in [0.3, 0.4) is 0 Å². The predicted molar refractivity (Wildman–Crippen MR) is 93.3 cm³/mol. The maximum Gasteiger partial charge on any atom is 0.253 e. The van der Waals surface area contributed by atoms with Crippen molar-refractivity contribution in [2.45, 2.75) is 18.9 Å². The molecule has 0 bridgehead atoms. The highest BCUT2D eigenvalue weighted by atomic mass is 16.1. The molecule has 2 aromatic heterocycles. The number of piperidine rings is 1. The minimum absolute atomic E-state index is 0.0674. The maximum atomic E-state index is 12.3. The average Bonchev–Trinajstić information content (AvgIpc) is 2.63. The monoisotopic (exact) mass is 326 g/mol. The summed E-state index contributed by atoms with van der Waals surface area (Å²) in [6.45, 7) is 1.68. The lowest BCUT2D eigenvalue weighted by Crippen LogP contribution is -2.45. The Hall–Kier alpha value is -2.70. The Kier molecular flexibility index (Phi) is 4.88. The lowest BCUT2D eigenvalue weighted by Gasteiger charge is -2.32. The third-order valence-corrected chi connectivity index (χ3v) is 4.13. The Bertz CT molecular complexity index is 665. The van der Waals surface area contributed by atoms with Crippen LogP contribution in [0.25, 0.3) is 0 Å². The smallest absolute Gasteiger partial charge is 0.253 e. The molecule has 0 atom stereocenters. The number of rotatable bonds is 4. The van der Waals surface area contributed by atoms with Gasteiger partial charge in [0.1, 0.15) is 5.82 Å². The number of amides is 1. The summed E-state index contributed by atoms with van der Waals surface area (Å²) in [6.07, 6.45) is 6.89. The molecule has 2 aromatic rings. The fraction of sp³-hybridized carbons (Fsp3) is 0.412. The molecule has 7 nitrogen and oxygen atoms in total. The van der Waals surface area contributed by atoms with Crippen LogP contribution in [-0.2, 0) is 0 Å². The SMILES string of the molecule is CN(C)c1ccc(C(=O)NC2CCN(c3ncccn3)CC2)cn1. The third kappa shape index (κ3) is 3.79. The first kappa shape index (κ1) is 16.2. The van der Waals surface area contributed by atoms with Crippen molar-refractivity contribution in [2.24, 2.45) is 0 Å². The van der Waals surface area contributed by atoms with Crippen LogP contribution in [0.1, 0.15) is 23.2 Å². The van der Waals surface area contributed by atoms with E-state index in [4.69, 9.17) is 0 Å². The lowest BCUT2D eigenvalue weighted by molar-refractivity contribution is 0.0930. The van der Waals surface area contributed by atoms with E-state index in [9.17, 15) is 4.79 Å². The minimum atomic E-state index is -0.0674. The number of hydrogen-bond donors (Lipinski definition) is 1. The summed E-state index contributed by atoms with van der Waals surface area (Å²) in [7, 11) is 3.85. The number of carbonyl (C=O) groups excluding carboxylic acids is 1. The van der Waals surface area contributed by atoms with Crippen molar-refractivity contribution in [1.29, 1.82) is 0 Å². The van der Waals surface area contributed by atoms with Gasteiger partial charge in [-0.15, -0.1) is 0 Å². The van der Waals surface area contributed by atoms with E-state index in [0.29, 0.717) is 5.56 Å². The minimum Gasteiger partial charge on any atom is -0.363 e. The number of carbonyl (C=O) groups is 1. The lowest BCUT2D eigenvalue weighted by atomic mass is 10.0. The number of anilines is 2. The molecule has 7 heteroatoms. The molecule has 1 saturated heterocycles. The molecular weight excluding hydrogens is 304 g/mol. The van der Waals surface area contributed by atoms with Crippen LogP contribution >= 0.6 is 0 Å². The Labute approximate surface area is 141 Å². The zero-order valence-corrected chi connectivity index (χ0v) is 14.0. The molecule has 0 aromatic carbocycles. The average molecular weight is 326 g/mol. The molecule has 0 spiro atoms. The van der Waals surface area contributed by atoms with Gasteiger partial charge in [0.15, 0.2) is 0 Å². The molecule has 0 saturated carbocycles. The zero-order valence-electron chi connectivity index (χ0n) is 14.0. The quantitative estimate of drug-likeness (QED) is 0.914. The van der Waals surface area contributed by atoms with Crippen LogP contribution in [0.4, 0.5) is 11.8 Å². The topological polar surface area (TPSA) is 74.2 Å². The van der Waals surface area contributed by atoms with E-state index in [1.807, 2.05) is 37.2 Å². The van der Waals surface area contributed by atoms with Crippen molar-refractivity contribution >= 4 is 17.7 Å². The highest BCUT2D eigenvalue weighted by Crippen LogP contribution is 2.16.